The molecule has 0 atom stereocenters. The summed E-state index contributed by atoms with van der Waals surface area (Å²) in [6.07, 6.45) is 3.87. The van der Waals surface area contributed by atoms with Gasteiger partial charge in [-0.15, -0.1) is 0 Å². The van der Waals surface area contributed by atoms with E-state index in [0.29, 0.717) is 12.4 Å². The van der Waals surface area contributed by atoms with Gasteiger partial charge in [-0.25, -0.2) is 9.78 Å². The lowest BCUT2D eigenvalue weighted by molar-refractivity contribution is 0.0728. The van der Waals surface area contributed by atoms with Crippen molar-refractivity contribution in [1.82, 2.24) is 9.97 Å². The Morgan fingerprint density at radius 3 is 2.40 bits per heavy atom. The summed E-state index contributed by atoms with van der Waals surface area (Å²) in [6.45, 7) is 4.51. The summed E-state index contributed by atoms with van der Waals surface area (Å²) in [6, 6.07) is 6.90. The molecule has 1 aromatic carbocycles. The van der Waals surface area contributed by atoms with Crippen molar-refractivity contribution in [2.75, 3.05) is 6.61 Å². The third-order valence-electron chi connectivity index (χ3n) is 2.50. The van der Waals surface area contributed by atoms with Crippen LogP contribution in [0.5, 0.6) is 11.5 Å². The maximum Gasteiger partial charge on any atom is 0.363 e. The summed E-state index contributed by atoms with van der Waals surface area (Å²) in [5.41, 5.74) is 0.931. The minimum Gasteiger partial charge on any atom is -0.494 e. The number of aromatic nitrogens is 2. The fraction of sp³-hybridized carbons (Fsp3) is 0.267. The molecular formula is C15H16N2O3. The second-order valence-corrected chi connectivity index (χ2v) is 4.25. The highest BCUT2D eigenvalue weighted by Crippen LogP contribution is 2.18. The molecule has 0 radical (unpaired) electrons. The molecule has 2 aromatic rings. The molecule has 0 bridgehead atoms. The molecule has 2 rings (SSSR count). The molecule has 0 saturated carbocycles. The van der Waals surface area contributed by atoms with E-state index in [1.165, 1.54) is 12.4 Å². The maximum atomic E-state index is 11.8. The van der Waals surface area contributed by atoms with E-state index in [-0.39, 0.29) is 5.69 Å². The summed E-state index contributed by atoms with van der Waals surface area (Å²) in [5.74, 6) is 0.669. The number of aryl methyl sites for hydroxylation is 1. The van der Waals surface area contributed by atoms with E-state index in [0.717, 1.165) is 17.9 Å². The molecule has 5 nitrogen and oxygen atoms in total. The van der Waals surface area contributed by atoms with Crippen LogP contribution in [0, 0.1) is 6.92 Å². The van der Waals surface area contributed by atoms with Crippen molar-refractivity contribution in [2.45, 2.75) is 20.3 Å². The normalized spacial score (nSPS) is 10.1. The lowest BCUT2D eigenvalue weighted by Gasteiger charge is -2.06. The first-order valence-corrected chi connectivity index (χ1v) is 6.42. The number of esters is 1. The van der Waals surface area contributed by atoms with Gasteiger partial charge in [0.25, 0.3) is 0 Å². The molecule has 104 valence electrons. The highest BCUT2D eigenvalue weighted by molar-refractivity contribution is 5.88. The van der Waals surface area contributed by atoms with E-state index in [1.807, 2.05) is 6.92 Å². The molecule has 5 heteroatoms. The van der Waals surface area contributed by atoms with Crippen molar-refractivity contribution >= 4 is 5.97 Å². The highest BCUT2D eigenvalue weighted by Gasteiger charge is 2.10. The zero-order chi connectivity index (χ0) is 14.4. The molecule has 0 N–H and O–H groups in total. The lowest BCUT2D eigenvalue weighted by atomic mass is 10.3. The predicted molar refractivity (Wildman–Crippen MR) is 74.0 cm³/mol. The van der Waals surface area contributed by atoms with Gasteiger partial charge in [-0.3, -0.25) is 4.98 Å². The van der Waals surface area contributed by atoms with E-state index in [4.69, 9.17) is 9.47 Å². The number of benzene rings is 1. The van der Waals surface area contributed by atoms with Gasteiger partial charge < -0.3 is 9.47 Å². The number of carbonyl (C=O) groups is 1. The second kappa shape index (κ2) is 6.65. The largest absolute Gasteiger partial charge is 0.494 e. The predicted octanol–water partition coefficient (Wildman–Crippen LogP) is 2.79. The van der Waals surface area contributed by atoms with Gasteiger partial charge in [0.05, 0.1) is 18.5 Å². The summed E-state index contributed by atoms with van der Waals surface area (Å²) in [4.78, 5) is 19.8. The van der Waals surface area contributed by atoms with Gasteiger partial charge in [-0.1, -0.05) is 6.92 Å². The van der Waals surface area contributed by atoms with Gasteiger partial charge in [-0.2, -0.15) is 0 Å². The minimum atomic E-state index is -0.528. The van der Waals surface area contributed by atoms with Gasteiger partial charge in [0.1, 0.15) is 11.5 Å². The summed E-state index contributed by atoms with van der Waals surface area (Å²) in [5, 5.41) is 0. The Balaban J connectivity index is 1.99. The van der Waals surface area contributed by atoms with Crippen molar-refractivity contribution in [1.29, 1.82) is 0 Å². The SMILES string of the molecule is CCCOc1ccc(OC(=O)c2cnc(C)cn2)cc1. The smallest absolute Gasteiger partial charge is 0.363 e. The molecule has 0 fully saturated rings. The van der Waals surface area contributed by atoms with Gasteiger partial charge in [0.15, 0.2) is 5.69 Å². The zero-order valence-electron chi connectivity index (χ0n) is 11.5. The topological polar surface area (TPSA) is 61.3 Å². The van der Waals surface area contributed by atoms with E-state index in [9.17, 15) is 4.79 Å². The van der Waals surface area contributed by atoms with Crippen LogP contribution in [-0.4, -0.2) is 22.5 Å². The third kappa shape index (κ3) is 3.78. The van der Waals surface area contributed by atoms with Crippen molar-refractivity contribution in [3.05, 3.63) is 48.0 Å². The van der Waals surface area contributed by atoms with Crippen LogP contribution in [0.4, 0.5) is 0 Å². The second-order valence-electron chi connectivity index (χ2n) is 4.25. The van der Waals surface area contributed by atoms with Crippen LogP contribution in [0.25, 0.3) is 0 Å². The third-order valence-corrected chi connectivity index (χ3v) is 2.50. The highest BCUT2D eigenvalue weighted by atomic mass is 16.5. The van der Waals surface area contributed by atoms with Crippen LogP contribution in [0.1, 0.15) is 29.5 Å². The van der Waals surface area contributed by atoms with Crippen LogP contribution >= 0.6 is 0 Å². The Kier molecular flexibility index (Phi) is 4.65. The van der Waals surface area contributed by atoms with Crippen molar-refractivity contribution < 1.29 is 14.3 Å². The number of hydrogen-bond acceptors (Lipinski definition) is 5. The van der Waals surface area contributed by atoms with Gasteiger partial charge in [0, 0.05) is 6.20 Å². The van der Waals surface area contributed by atoms with E-state index < -0.39 is 5.97 Å². The Hall–Kier alpha value is -2.43. The van der Waals surface area contributed by atoms with Gasteiger partial charge >= 0.3 is 5.97 Å². The molecule has 0 saturated heterocycles. The van der Waals surface area contributed by atoms with E-state index >= 15 is 0 Å². The average Bonchev–Trinajstić information content (AvgIpc) is 2.47. The Morgan fingerprint density at radius 2 is 1.80 bits per heavy atom. The molecule has 1 aromatic heterocycles. The molecule has 20 heavy (non-hydrogen) atoms. The monoisotopic (exact) mass is 272 g/mol. The fourth-order valence-electron chi connectivity index (χ4n) is 1.48. The molecule has 0 unspecified atom stereocenters. The fourth-order valence-corrected chi connectivity index (χ4v) is 1.48. The van der Waals surface area contributed by atoms with Crippen LogP contribution in [0.3, 0.4) is 0 Å². The molecule has 0 amide bonds. The molecular weight excluding hydrogens is 256 g/mol. The first-order chi connectivity index (χ1) is 9.69. The van der Waals surface area contributed by atoms with E-state index in [1.54, 1.807) is 31.2 Å². The van der Waals surface area contributed by atoms with Crippen LogP contribution in [-0.2, 0) is 0 Å². The van der Waals surface area contributed by atoms with Crippen molar-refractivity contribution in [2.24, 2.45) is 0 Å². The number of carbonyl (C=O) groups excluding carboxylic acids is 1. The quantitative estimate of drug-likeness (QED) is 0.618. The average molecular weight is 272 g/mol. The summed E-state index contributed by atoms with van der Waals surface area (Å²) < 4.78 is 10.7. The Morgan fingerprint density at radius 1 is 1.10 bits per heavy atom. The van der Waals surface area contributed by atoms with Crippen LogP contribution in [0.2, 0.25) is 0 Å². The minimum absolute atomic E-state index is 0.182. The Bertz CT molecular complexity index is 565. The molecule has 0 aliphatic carbocycles. The van der Waals surface area contributed by atoms with Crippen LogP contribution in [0.15, 0.2) is 36.7 Å². The zero-order valence-corrected chi connectivity index (χ0v) is 11.5. The van der Waals surface area contributed by atoms with Gasteiger partial charge in [0.2, 0.25) is 0 Å². The number of nitrogens with zero attached hydrogens (tertiary/aromatic N) is 2. The standard InChI is InChI=1S/C15H16N2O3/c1-3-8-19-12-4-6-13(7-5-12)20-15(18)14-10-16-11(2)9-17-14/h4-7,9-10H,3,8H2,1-2H3. The first kappa shape index (κ1) is 14.0. The molecule has 1 heterocycles. The molecule has 0 aliphatic heterocycles. The van der Waals surface area contributed by atoms with Crippen LogP contribution < -0.4 is 9.47 Å². The first-order valence-electron chi connectivity index (χ1n) is 6.42. The van der Waals surface area contributed by atoms with E-state index in [2.05, 4.69) is 9.97 Å². The molecule has 0 spiro atoms. The summed E-state index contributed by atoms with van der Waals surface area (Å²) >= 11 is 0. The van der Waals surface area contributed by atoms with Crippen molar-refractivity contribution in [3.63, 3.8) is 0 Å². The van der Waals surface area contributed by atoms with Gasteiger partial charge in [-0.05, 0) is 37.6 Å². The Labute approximate surface area is 117 Å². The number of hydrogen-bond donors (Lipinski definition) is 0. The van der Waals surface area contributed by atoms with Crippen molar-refractivity contribution in [3.8, 4) is 11.5 Å². The number of ether oxygens (including phenoxy) is 2. The molecule has 0 aliphatic rings. The summed E-state index contributed by atoms with van der Waals surface area (Å²) in [7, 11) is 0. The lowest BCUT2D eigenvalue weighted by Crippen LogP contribution is -2.11. The number of rotatable bonds is 5. The maximum absolute atomic E-state index is 11.8.